The van der Waals surface area contributed by atoms with Crippen molar-refractivity contribution in [3.63, 3.8) is 0 Å². The van der Waals surface area contributed by atoms with Gasteiger partial charge >= 0.3 is 0 Å². The number of rotatable bonds is 10. The molecule has 0 heterocycles. The summed E-state index contributed by atoms with van der Waals surface area (Å²) < 4.78 is 31.3. The number of carbonyl (C=O) groups excluding carboxylic acids is 2. The van der Waals surface area contributed by atoms with Crippen molar-refractivity contribution in [1.82, 2.24) is 5.32 Å². The number of sulfonamides is 1. The first-order valence-corrected chi connectivity index (χ1v) is 12.2. The van der Waals surface area contributed by atoms with E-state index in [2.05, 4.69) is 10.6 Å². The molecule has 0 saturated carbocycles. The maximum Gasteiger partial charge on any atom is 0.253 e. The summed E-state index contributed by atoms with van der Waals surface area (Å²) in [7, 11) is -3.73. The topological polar surface area (TPSA) is 105 Å². The van der Waals surface area contributed by atoms with Crippen LogP contribution in [0.15, 0.2) is 48.5 Å². The highest BCUT2D eigenvalue weighted by Crippen LogP contribution is 2.23. The number of nitrogens with zero attached hydrogens (tertiary/aromatic N) is 1. The zero-order valence-electron chi connectivity index (χ0n) is 19.1. The van der Waals surface area contributed by atoms with Gasteiger partial charge in [-0.05, 0) is 56.2 Å². The zero-order valence-corrected chi connectivity index (χ0v) is 19.9. The van der Waals surface area contributed by atoms with Gasteiger partial charge in [0, 0.05) is 6.54 Å². The van der Waals surface area contributed by atoms with Crippen molar-refractivity contribution in [3.8, 4) is 5.75 Å². The number of ether oxygens (including phenoxy) is 1. The molecule has 8 nitrogen and oxygen atoms in total. The smallest absolute Gasteiger partial charge is 0.253 e. The highest BCUT2D eigenvalue weighted by Gasteiger charge is 2.22. The maximum atomic E-state index is 12.7. The average molecular weight is 462 g/mol. The van der Waals surface area contributed by atoms with E-state index >= 15 is 0 Å². The van der Waals surface area contributed by atoms with E-state index in [1.807, 2.05) is 27.7 Å². The highest BCUT2D eigenvalue weighted by molar-refractivity contribution is 7.92. The molecule has 2 rings (SSSR count). The SMILES string of the molecule is CC(C)CNC(=O)c1ccccc1NC(=O)CN(c1ccc(OC(C)C)cc1)S(C)(=O)=O. The Bertz CT molecular complexity index is 1030. The second kappa shape index (κ2) is 11.0. The predicted molar refractivity (Wildman–Crippen MR) is 127 cm³/mol. The maximum absolute atomic E-state index is 12.7. The molecule has 2 amide bonds. The van der Waals surface area contributed by atoms with E-state index in [9.17, 15) is 18.0 Å². The van der Waals surface area contributed by atoms with Crippen molar-refractivity contribution >= 4 is 33.2 Å². The van der Waals surface area contributed by atoms with Gasteiger partial charge < -0.3 is 15.4 Å². The van der Waals surface area contributed by atoms with E-state index < -0.39 is 22.5 Å². The van der Waals surface area contributed by atoms with Crippen molar-refractivity contribution < 1.29 is 22.7 Å². The van der Waals surface area contributed by atoms with Crippen LogP contribution >= 0.6 is 0 Å². The minimum absolute atomic E-state index is 0.0181. The molecule has 0 spiro atoms. The molecule has 0 aliphatic heterocycles. The fourth-order valence-corrected chi connectivity index (χ4v) is 3.72. The Hall–Kier alpha value is -3.07. The molecule has 0 aliphatic rings. The van der Waals surface area contributed by atoms with Crippen LogP contribution in [0.2, 0.25) is 0 Å². The Morgan fingerprint density at radius 2 is 1.62 bits per heavy atom. The lowest BCUT2D eigenvalue weighted by Crippen LogP contribution is -2.37. The Kier molecular flexibility index (Phi) is 8.65. The number of carbonyl (C=O) groups is 2. The molecule has 0 bridgehead atoms. The minimum atomic E-state index is -3.73. The highest BCUT2D eigenvalue weighted by atomic mass is 32.2. The number of hydrogen-bond acceptors (Lipinski definition) is 5. The lowest BCUT2D eigenvalue weighted by Gasteiger charge is -2.22. The summed E-state index contributed by atoms with van der Waals surface area (Å²) in [4.78, 5) is 25.2. The zero-order chi connectivity index (χ0) is 23.9. The standard InChI is InChI=1S/C23H31N3O5S/c1-16(2)14-24-23(28)20-8-6-7-9-21(20)25-22(27)15-26(32(5,29)30)18-10-12-19(13-11-18)31-17(3)4/h6-13,16-17H,14-15H2,1-5H3,(H,24,28)(H,25,27). The van der Waals surface area contributed by atoms with Crippen LogP contribution < -0.4 is 19.7 Å². The van der Waals surface area contributed by atoms with Crippen molar-refractivity contribution in [3.05, 3.63) is 54.1 Å². The third kappa shape index (κ3) is 7.56. The lowest BCUT2D eigenvalue weighted by atomic mass is 10.1. The predicted octanol–water partition coefficient (Wildman–Crippen LogP) is 3.26. The van der Waals surface area contributed by atoms with E-state index in [0.717, 1.165) is 10.6 Å². The summed E-state index contributed by atoms with van der Waals surface area (Å²) in [5.74, 6) is 0.00157. The number of anilines is 2. The molecule has 0 saturated heterocycles. The van der Waals surface area contributed by atoms with Crippen LogP contribution in [0.25, 0.3) is 0 Å². The molecule has 0 atom stereocenters. The van der Waals surface area contributed by atoms with Gasteiger partial charge in [0.15, 0.2) is 0 Å². The fourth-order valence-electron chi connectivity index (χ4n) is 2.87. The van der Waals surface area contributed by atoms with Crippen LogP contribution in [0.3, 0.4) is 0 Å². The largest absolute Gasteiger partial charge is 0.491 e. The minimum Gasteiger partial charge on any atom is -0.491 e. The summed E-state index contributed by atoms with van der Waals surface area (Å²) in [5, 5.41) is 5.47. The van der Waals surface area contributed by atoms with Crippen molar-refractivity contribution in [1.29, 1.82) is 0 Å². The number of hydrogen-bond donors (Lipinski definition) is 2. The second-order valence-electron chi connectivity index (χ2n) is 8.13. The van der Waals surface area contributed by atoms with Gasteiger partial charge in [-0.1, -0.05) is 26.0 Å². The van der Waals surface area contributed by atoms with Gasteiger partial charge in [-0.2, -0.15) is 0 Å². The van der Waals surface area contributed by atoms with Gasteiger partial charge in [0.2, 0.25) is 15.9 Å². The molecule has 0 aliphatic carbocycles. The van der Waals surface area contributed by atoms with E-state index in [1.165, 1.54) is 0 Å². The molecule has 32 heavy (non-hydrogen) atoms. The van der Waals surface area contributed by atoms with Crippen molar-refractivity contribution in [2.24, 2.45) is 5.92 Å². The van der Waals surface area contributed by atoms with Crippen molar-refractivity contribution in [2.45, 2.75) is 33.8 Å². The fraction of sp³-hybridized carbons (Fsp3) is 0.391. The summed E-state index contributed by atoms with van der Waals surface area (Å²) in [6.07, 6.45) is 1.02. The first kappa shape index (κ1) is 25.2. The summed E-state index contributed by atoms with van der Waals surface area (Å²) in [5.41, 5.74) is 0.956. The monoisotopic (exact) mass is 461 g/mol. The van der Waals surface area contributed by atoms with Gasteiger partial charge in [-0.25, -0.2) is 8.42 Å². The van der Waals surface area contributed by atoms with Gasteiger partial charge in [0.25, 0.3) is 5.91 Å². The first-order valence-electron chi connectivity index (χ1n) is 10.4. The second-order valence-corrected chi connectivity index (χ2v) is 10.0. The summed E-state index contributed by atoms with van der Waals surface area (Å²) >= 11 is 0. The third-order valence-electron chi connectivity index (χ3n) is 4.30. The molecule has 0 aromatic heterocycles. The Morgan fingerprint density at radius 3 is 2.19 bits per heavy atom. The van der Waals surface area contributed by atoms with Gasteiger partial charge in [-0.15, -0.1) is 0 Å². The quantitative estimate of drug-likeness (QED) is 0.565. The normalized spacial score (nSPS) is 11.3. The van der Waals surface area contributed by atoms with Crippen LogP contribution in [-0.4, -0.2) is 45.7 Å². The Balaban J connectivity index is 2.18. The molecule has 2 aromatic carbocycles. The van der Waals surface area contributed by atoms with Gasteiger partial charge in [-0.3, -0.25) is 13.9 Å². The Morgan fingerprint density at radius 1 is 1.00 bits per heavy atom. The van der Waals surface area contributed by atoms with Crippen LogP contribution in [0.4, 0.5) is 11.4 Å². The third-order valence-corrected chi connectivity index (χ3v) is 5.44. The van der Waals surface area contributed by atoms with E-state index in [1.54, 1.807) is 48.5 Å². The molecule has 0 unspecified atom stereocenters. The van der Waals surface area contributed by atoms with E-state index in [0.29, 0.717) is 29.2 Å². The molecular formula is C23H31N3O5S. The lowest BCUT2D eigenvalue weighted by molar-refractivity contribution is -0.114. The van der Waals surface area contributed by atoms with Crippen LogP contribution in [0, 0.1) is 5.92 Å². The number of nitrogens with one attached hydrogen (secondary N) is 2. The van der Waals surface area contributed by atoms with Crippen LogP contribution in [0.1, 0.15) is 38.1 Å². The summed E-state index contributed by atoms with van der Waals surface area (Å²) in [6.45, 7) is 7.80. The molecule has 9 heteroatoms. The molecule has 0 radical (unpaired) electrons. The number of para-hydroxylation sites is 1. The molecule has 2 aromatic rings. The molecular weight excluding hydrogens is 430 g/mol. The van der Waals surface area contributed by atoms with Crippen LogP contribution in [0.5, 0.6) is 5.75 Å². The van der Waals surface area contributed by atoms with E-state index in [-0.39, 0.29) is 17.9 Å². The number of amides is 2. The first-order chi connectivity index (χ1) is 15.0. The van der Waals surface area contributed by atoms with E-state index in [4.69, 9.17) is 4.74 Å². The molecule has 2 N–H and O–H groups in total. The van der Waals surface area contributed by atoms with Gasteiger partial charge in [0.05, 0.1) is 29.3 Å². The Labute approximate surface area is 190 Å². The molecule has 174 valence electrons. The summed E-state index contributed by atoms with van der Waals surface area (Å²) in [6, 6.07) is 13.1. The van der Waals surface area contributed by atoms with Crippen LogP contribution in [-0.2, 0) is 14.8 Å². The number of benzene rings is 2. The van der Waals surface area contributed by atoms with Crippen molar-refractivity contribution in [2.75, 3.05) is 29.0 Å². The average Bonchev–Trinajstić information content (AvgIpc) is 2.70. The van der Waals surface area contributed by atoms with Gasteiger partial charge in [0.1, 0.15) is 12.3 Å². The molecule has 0 fully saturated rings.